The summed E-state index contributed by atoms with van der Waals surface area (Å²) in [5, 5.41) is 15.5. The van der Waals surface area contributed by atoms with Crippen LogP contribution in [0.4, 0.5) is 0 Å². The van der Waals surface area contributed by atoms with Crippen molar-refractivity contribution in [2.45, 2.75) is 19.0 Å². The number of rotatable bonds is 5. The van der Waals surface area contributed by atoms with Crippen molar-refractivity contribution in [3.8, 4) is 0 Å². The normalized spacial score (nSPS) is 14.9. The highest BCUT2D eigenvalue weighted by Gasteiger charge is 2.21. The van der Waals surface area contributed by atoms with Crippen molar-refractivity contribution in [2.75, 3.05) is 11.5 Å². The van der Waals surface area contributed by atoms with E-state index >= 15 is 0 Å². The molecule has 1 aliphatic rings. The summed E-state index contributed by atoms with van der Waals surface area (Å²) in [5.41, 5.74) is 0.499. The van der Waals surface area contributed by atoms with E-state index in [1.807, 2.05) is 0 Å². The van der Waals surface area contributed by atoms with Gasteiger partial charge in [-0.1, -0.05) is 4.68 Å². The minimum absolute atomic E-state index is 0.0164. The fourth-order valence-electron chi connectivity index (χ4n) is 1.45. The smallest absolute Gasteiger partial charge is 0.309 e. The van der Waals surface area contributed by atoms with Crippen molar-refractivity contribution in [3.63, 3.8) is 0 Å². The third-order valence-corrected chi connectivity index (χ3v) is 3.84. The second-order valence-corrected chi connectivity index (χ2v) is 5.11. The number of amides is 1. The number of carbonyl (C=O) groups excluding carboxylic acids is 1. The van der Waals surface area contributed by atoms with Gasteiger partial charge in [0.2, 0.25) is 0 Å². The van der Waals surface area contributed by atoms with Crippen molar-refractivity contribution in [1.29, 1.82) is 0 Å². The number of aryl methyl sites for hydroxylation is 1. The summed E-state index contributed by atoms with van der Waals surface area (Å²) in [6.45, 7) is 0.302. The first-order valence-electron chi connectivity index (χ1n) is 5.61. The van der Waals surface area contributed by atoms with E-state index in [2.05, 4.69) is 10.4 Å². The van der Waals surface area contributed by atoms with Crippen LogP contribution in [0.25, 0.3) is 0 Å². The molecule has 1 aliphatic heterocycles. The van der Waals surface area contributed by atoms with Crippen molar-refractivity contribution in [1.82, 2.24) is 10.4 Å². The highest BCUT2D eigenvalue weighted by molar-refractivity contribution is 8.00. The minimum atomic E-state index is -0.867. The fraction of sp³-hybridized carbons (Fsp3) is 0.455. The van der Waals surface area contributed by atoms with E-state index in [4.69, 9.17) is 5.11 Å². The molecule has 1 fully saturated rings. The number of nitrogens with one attached hydrogen (secondary N) is 1. The number of hydrogen-bond donors (Lipinski definition) is 2. The van der Waals surface area contributed by atoms with Crippen LogP contribution < -0.4 is 10.00 Å². The summed E-state index contributed by atoms with van der Waals surface area (Å²) in [7, 11) is 0. The van der Waals surface area contributed by atoms with Gasteiger partial charge in [0.1, 0.15) is 12.6 Å². The Balaban J connectivity index is 1.89. The number of carboxylic acids is 1. The van der Waals surface area contributed by atoms with Crippen LogP contribution in [0.5, 0.6) is 0 Å². The Morgan fingerprint density at radius 3 is 2.83 bits per heavy atom. The lowest BCUT2D eigenvalue weighted by Crippen LogP contribution is -2.44. The lowest BCUT2D eigenvalue weighted by atomic mass is 10.2. The maximum absolute atomic E-state index is 11.8. The number of carboxylic acid groups (broad SMARTS) is 1. The van der Waals surface area contributed by atoms with Gasteiger partial charge in [0.25, 0.3) is 5.91 Å². The van der Waals surface area contributed by atoms with Crippen molar-refractivity contribution in [2.24, 2.45) is 0 Å². The van der Waals surface area contributed by atoms with Gasteiger partial charge in [0.05, 0.1) is 5.56 Å². The summed E-state index contributed by atoms with van der Waals surface area (Å²) < 4.78 is 1.50. The molecule has 96 valence electrons. The molecule has 2 N–H and O–H groups in total. The molecule has 2 rings (SSSR count). The van der Waals surface area contributed by atoms with Crippen molar-refractivity contribution < 1.29 is 19.4 Å². The van der Waals surface area contributed by atoms with Gasteiger partial charge in [-0.3, -0.25) is 9.59 Å². The first-order chi connectivity index (χ1) is 8.65. The Bertz CT molecular complexity index is 445. The van der Waals surface area contributed by atoms with Gasteiger partial charge in [-0.2, -0.15) is 11.8 Å². The zero-order valence-corrected chi connectivity index (χ0v) is 10.5. The second-order valence-electron chi connectivity index (χ2n) is 4.03. The Morgan fingerprint density at radius 1 is 1.56 bits per heavy atom. The number of aliphatic carboxylic acids is 1. The molecule has 0 aliphatic carbocycles. The number of hydrogen-bond acceptors (Lipinski definition) is 4. The third-order valence-electron chi connectivity index (χ3n) is 2.56. The lowest BCUT2D eigenvalue weighted by Gasteiger charge is -2.25. The van der Waals surface area contributed by atoms with Crippen LogP contribution in [-0.2, 0) is 11.3 Å². The monoisotopic (exact) mass is 268 g/mol. The Kier molecular flexibility index (Phi) is 4.14. The first-order valence-corrected chi connectivity index (χ1v) is 6.77. The molecule has 7 heteroatoms. The van der Waals surface area contributed by atoms with E-state index in [0.29, 0.717) is 12.1 Å². The lowest BCUT2D eigenvalue weighted by molar-refractivity contribution is -0.753. The largest absolute Gasteiger partial charge is 0.481 e. The van der Waals surface area contributed by atoms with E-state index in [-0.39, 0.29) is 18.4 Å². The molecule has 1 amide bonds. The maximum atomic E-state index is 11.8. The topological polar surface area (TPSA) is 83.2 Å². The summed E-state index contributed by atoms with van der Waals surface area (Å²) >= 11 is 1.80. The van der Waals surface area contributed by atoms with E-state index in [1.165, 1.54) is 10.9 Å². The van der Waals surface area contributed by atoms with Gasteiger partial charge in [-0.05, 0) is 5.10 Å². The average Bonchev–Trinajstić information content (AvgIpc) is 2.31. The van der Waals surface area contributed by atoms with E-state index in [0.717, 1.165) is 11.5 Å². The SMILES string of the molecule is O=C(O)CC[n+]1ccc(C(=O)NC2CSC2)cn1. The molecule has 0 radical (unpaired) electrons. The Labute approximate surface area is 108 Å². The number of carbonyl (C=O) groups is 2. The average molecular weight is 268 g/mol. The standard InChI is InChI=1S/C11H13N3O3S/c15-10(16)2-4-14-3-1-8(5-12-14)11(17)13-9-6-18-7-9/h1,3,5,9H,2,4,6-7H2,(H-,13,15,16,17)/p+1. The molecule has 1 saturated heterocycles. The highest BCUT2D eigenvalue weighted by Crippen LogP contribution is 2.17. The van der Waals surface area contributed by atoms with E-state index in [9.17, 15) is 9.59 Å². The van der Waals surface area contributed by atoms with Gasteiger partial charge < -0.3 is 10.4 Å². The van der Waals surface area contributed by atoms with E-state index in [1.54, 1.807) is 24.0 Å². The summed E-state index contributed by atoms with van der Waals surface area (Å²) in [6.07, 6.45) is 3.10. The molecule has 0 atom stereocenters. The molecule has 0 bridgehead atoms. The molecule has 0 aromatic carbocycles. The Morgan fingerprint density at radius 2 is 2.33 bits per heavy atom. The number of nitrogens with zero attached hydrogens (tertiary/aromatic N) is 2. The number of thioether (sulfide) groups is 1. The zero-order valence-electron chi connectivity index (χ0n) is 9.70. The van der Waals surface area contributed by atoms with Crippen molar-refractivity contribution >= 4 is 23.6 Å². The molecule has 18 heavy (non-hydrogen) atoms. The molecule has 0 spiro atoms. The zero-order chi connectivity index (χ0) is 13.0. The molecule has 1 aromatic heterocycles. The summed E-state index contributed by atoms with van der Waals surface area (Å²) in [5.74, 6) is 0.932. The van der Waals surface area contributed by atoms with Crippen molar-refractivity contribution in [3.05, 3.63) is 24.0 Å². The quantitative estimate of drug-likeness (QED) is 0.716. The second kappa shape index (κ2) is 5.81. The molecular formula is C11H14N3O3S+. The summed E-state index contributed by atoms with van der Waals surface area (Å²) in [4.78, 5) is 22.2. The van der Waals surface area contributed by atoms with Gasteiger partial charge >= 0.3 is 5.97 Å². The van der Waals surface area contributed by atoms with Gasteiger partial charge in [-0.15, -0.1) is 0 Å². The van der Waals surface area contributed by atoms with Crippen LogP contribution in [0.2, 0.25) is 0 Å². The van der Waals surface area contributed by atoms with E-state index < -0.39 is 5.97 Å². The van der Waals surface area contributed by atoms with Crippen LogP contribution >= 0.6 is 11.8 Å². The maximum Gasteiger partial charge on any atom is 0.309 e. The van der Waals surface area contributed by atoms with Crippen LogP contribution in [-0.4, -0.2) is 39.6 Å². The molecule has 6 nitrogen and oxygen atoms in total. The molecule has 0 unspecified atom stereocenters. The van der Waals surface area contributed by atoms with Crippen LogP contribution in [0.1, 0.15) is 16.8 Å². The fourth-order valence-corrected chi connectivity index (χ4v) is 2.09. The molecule has 1 aromatic rings. The molecule has 2 heterocycles. The number of aromatic nitrogens is 2. The predicted octanol–water partition coefficient (Wildman–Crippen LogP) is -0.311. The third kappa shape index (κ3) is 3.43. The minimum Gasteiger partial charge on any atom is -0.481 e. The van der Waals surface area contributed by atoms with Gasteiger partial charge in [-0.25, -0.2) is 0 Å². The summed E-state index contributed by atoms with van der Waals surface area (Å²) in [6, 6.07) is 1.91. The van der Waals surface area contributed by atoms with Crippen LogP contribution in [0, 0.1) is 0 Å². The predicted molar refractivity (Wildman–Crippen MR) is 65.3 cm³/mol. The van der Waals surface area contributed by atoms with Gasteiger partial charge in [0.15, 0.2) is 12.7 Å². The van der Waals surface area contributed by atoms with Crippen LogP contribution in [0.15, 0.2) is 18.5 Å². The Hall–Kier alpha value is -1.63. The molecular weight excluding hydrogens is 254 g/mol. The van der Waals surface area contributed by atoms with Crippen LogP contribution in [0.3, 0.4) is 0 Å². The van der Waals surface area contributed by atoms with Gasteiger partial charge in [0, 0.05) is 23.6 Å². The highest BCUT2D eigenvalue weighted by atomic mass is 32.2. The molecule has 0 saturated carbocycles. The first kappa shape index (κ1) is 12.8.